The van der Waals surface area contributed by atoms with Crippen molar-refractivity contribution in [1.82, 2.24) is 4.98 Å². The fraction of sp³-hybridized carbons (Fsp3) is 0.615. The highest BCUT2D eigenvalue weighted by molar-refractivity contribution is 5.42. The highest BCUT2D eigenvalue weighted by Crippen LogP contribution is 2.16. The van der Waals surface area contributed by atoms with Crippen molar-refractivity contribution < 1.29 is 5.11 Å². The molecule has 0 spiro atoms. The predicted molar refractivity (Wildman–Crippen MR) is 67.7 cm³/mol. The summed E-state index contributed by atoms with van der Waals surface area (Å²) in [6.07, 6.45) is 2.06. The number of rotatable bonds is 6. The maximum Gasteiger partial charge on any atom is 0.129 e. The van der Waals surface area contributed by atoms with Gasteiger partial charge in [0.1, 0.15) is 5.82 Å². The zero-order valence-electron chi connectivity index (χ0n) is 10.5. The molecule has 0 aliphatic carbocycles. The van der Waals surface area contributed by atoms with Crippen LogP contribution in [0.3, 0.4) is 0 Å². The van der Waals surface area contributed by atoms with Crippen molar-refractivity contribution in [2.24, 2.45) is 0 Å². The molecule has 1 rings (SSSR count). The summed E-state index contributed by atoms with van der Waals surface area (Å²) >= 11 is 0. The lowest BCUT2D eigenvalue weighted by atomic mass is 10.1. The topological polar surface area (TPSA) is 36.4 Å². The number of nitrogens with zero attached hydrogens (tertiary/aromatic N) is 2. The van der Waals surface area contributed by atoms with Crippen molar-refractivity contribution in [3.8, 4) is 0 Å². The summed E-state index contributed by atoms with van der Waals surface area (Å²) < 4.78 is 0. The van der Waals surface area contributed by atoms with Crippen LogP contribution in [0.1, 0.15) is 38.4 Å². The third-order valence-corrected chi connectivity index (χ3v) is 2.70. The first-order chi connectivity index (χ1) is 7.74. The van der Waals surface area contributed by atoms with E-state index in [0.717, 1.165) is 43.0 Å². The number of aryl methyl sites for hydroxylation is 1. The number of hydrogen-bond donors (Lipinski definition) is 1. The number of aliphatic hydroxyl groups excluding tert-OH is 1. The normalized spacial score (nSPS) is 10.5. The minimum atomic E-state index is 0.0908. The minimum absolute atomic E-state index is 0.0908. The van der Waals surface area contributed by atoms with Gasteiger partial charge in [0.25, 0.3) is 0 Å². The van der Waals surface area contributed by atoms with Crippen LogP contribution in [0.4, 0.5) is 5.82 Å². The van der Waals surface area contributed by atoms with E-state index in [9.17, 15) is 5.11 Å². The third kappa shape index (κ3) is 3.20. The van der Waals surface area contributed by atoms with Gasteiger partial charge in [0.05, 0.1) is 6.61 Å². The quantitative estimate of drug-likeness (QED) is 0.802. The van der Waals surface area contributed by atoms with E-state index in [0.29, 0.717) is 0 Å². The Morgan fingerprint density at radius 3 is 2.38 bits per heavy atom. The highest BCUT2D eigenvalue weighted by atomic mass is 16.3. The summed E-state index contributed by atoms with van der Waals surface area (Å²) in [6.45, 7) is 8.37. The van der Waals surface area contributed by atoms with E-state index in [1.807, 2.05) is 12.1 Å². The van der Waals surface area contributed by atoms with Crippen LogP contribution in [-0.4, -0.2) is 23.2 Å². The molecule has 16 heavy (non-hydrogen) atoms. The molecule has 0 bridgehead atoms. The second-order valence-electron chi connectivity index (χ2n) is 3.91. The molecule has 0 saturated heterocycles. The molecular formula is C13H22N2O. The third-order valence-electron chi connectivity index (χ3n) is 2.70. The number of pyridine rings is 1. The fourth-order valence-electron chi connectivity index (χ4n) is 1.82. The van der Waals surface area contributed by atoms with Crippen molar-refractivity contribution in [2.75, 3.05) is 18.0 Å². The molecule has 0 atom stereocenters. The van der Waals surface area contributed by atoms with Gasteiger partial charge < -0.3 is 10.0 Å². The van der Waals surface area contributed by atoms with Crippen LogP contribution in [0, 0.1) is 0 Å². The molecule has 0 aromatic carbocycles. The summed E-state index contributed by atoms with van der Waals surface area (Å²) in [5, 5.41) is 9.24. The Hall–Kier alpha value is -1.09. The van der Waals surface area contributed by atoms with Gasteiger partial charge in [0, 0.05) is 18.8 Å². The van der Waals surface area contributed by atoms with Gasteiger partial charge in [-0.15, -0.1) is 0 Å². The molecule has 0 aliphatic rings. The molecule has 0 saturated carbocycles. The van der Waals surface area contributed by atoms with E-state index >= 15 is 0 Å². The maximum atomic E-state index is 9.24. The molecule has 3 nitrogen and oxygen atoms in total. The van der Waals surface area contributed by atoms with Crippen molar-refractivity contribution in [3.63, 3.8) is 0 Å². The lowest BCUT2D eigenvalue weighted by molar-refractivity contribution is 0.281. The van der Waals surface area contributed by atoms with Crippen LogP contribution >= 0.6 is 0 Å². The van der Waals surface area contributed by atoms with Gasteiger partial charge in [-0.3, -0.25) is 0 Å². The molecule has 0 aliphatic heterocycles. The first-order valence-electron chi connectivity index (χ1n) is 6.10. The smallest absolute Gasteiger partial charge is 0.129 e. The van der Waals surface area contributed by atoms with Crippen LogP contribution in [-0.2, 0) is 13.0 Å². The Labute approximate surface area is 98.1 Å². The van der Waals surface area contributed by atoms with Crippen molar-refractivity contribution >= 4 is 5.82 Å². The lowest BCUT2D eigenvalue weighted by Crippen LogP contribution is -2.23. The van der Waals surface area contributed by atoms with E-state index < -0.39 is 0 Å². The monoisotopic (exact) mass is 222 g/mol. The number of aliphatic hydroxyl groups is 1. The summed E-state index contributed by atoms with van der Waals surface area (Å²) in [4.78, 5) is 6.83. The Kier molecular flexibility index (Phi) is 5.26. The average molecular weight is 222 g/mol. The summed E-state index contributed by atoms with van der Waals surface area (Å²) in [5.41, 5.74) is 2.04. The molecule has 1 aromatic rings. The first kappa shape index (κ1) is 13.0. The lowest BCUT2D eigenvalue weighted by Gasteiger charge is -2.21. The van der Waals surface area contributed by atoms with Gasteiger partial charge >= 0.3 is 0 Å². The van der Waals surface area contributed by atoms with Gasteiger partial charge in [0.2, 0.25) is 0 Å². The van der Waals surface area contributed by atoms with Crippen molar-refractivity contribution in [2.45, 2.75) is 40.2 Å². The minimum Gasteiger partial charge on any atom is -0.392 e. The number of aromatic nitrogens is 1. The molecule has 3 heteroatoms. The van der Waals surface area contributed by atoms with Gasteiger partial charge in [-0.05, 0) is 38.0 Å². The van der Waals surface area contributed by atoms with Gasteiger partial charge in [0.15, 0.2) is 0 Å². The summed E-state index contributed by atoms with van der Waals surface area (Å²) in [6, 6.07) is 3.97. The summed E-state index contributed by atoms with van der Waals surface area (Å²) in [5.74, 6) is 0.986. The second-order valence-corrected chi connectivity index (χ2v) is 3.91. The molecule has 1 heterocycles. The Morgan fingerprint density at radius 1 is 1.19 bits per heavy atom. The maximum absolute atomic E-state index is 9.24. The Bertz CT molecular complexity index is 322. The van der Waals surface area contributed by atoms with Crippen LogP contribution in [0.25, 0.3) is 0 Å². The standard InChI is InChI=1S/C13H22N2O/c1-4-7-12-8-11(10-16)9-13(14-12)15(5-2)6-3/h8-9,16H,4-7,10H2,1-3H3. The molecule has 1 aromatic heterocycles. The largest absolute Gasteiger partial charge is 0.392 e. The zero-order valence-corrected chi connectivity index (χ0v) is 10.5. The van der Waals surface area contributed by atoms with Crippen LogP contribution in [0.2, 0.25) is 0 Å². The Balaban J connectivity index is 3.02. The fourth-order valence-corrected chi connectivity index (χ4v) is 1.82. The second kappa shape index (κ2) is 6.48. The average Bonchev–Trinajstić information content (AvgIpc) is 2.31. The van der Waals surface area contributed by atoms with Crippen molar-refractivity contribution in [3.05, 3.63) is 23.4 Å². The summed E-state index contributed by atoms with van der Waals surface area (Å²) in [7, 11) is 0. The number of hydrogen-bond acceptors (Lipinski definition) is 3. The molecule has 0 unspecified atom stereocenters. The van der Waals surface area contributed by atoms with Gasteiger partial charge in [-0.2, -0.15) is 0 Å². The predicted octanol–water partition coefficient (Wildman–Crippen LogP) is 2.37. The van der Waals surface area contributed by atoms with Crippen LogP contribution in [0.5, 0.6) is 0 Å². The zero-order chi connectivity index (χ0) is 12.0. The highest BCUT2D eigenvalue weighted by Gasteiger charge is 2.07. The van der Waals surface area contributed by atoms with Crippen molar-refractivity contribution in [1.29, 1.82) is 0 Å². The first-order valence-corrected chi connectivity index (χ1v) is 6.10. The molecule has 0 fully saturated rings. The van der Waals surface area contributed by atoms with E-state index in [2.05, 4.69) is 30.7 Å². The van der Waals surface area contributed by atoms with Gasteiger partial charge in [-0.1, -0.05) is 13.3 Å². The number of anilines is 1. The van der Waals surface area contributed by atoms with E-state index in [4.69, 9.17) is 0 Å². The van der Waals surface area contributed by atoms with E-state index in [1.54, 1.807) is 0 Å². The molecule has 0 radical (unpaired) electrons. The molecule has 90 valence electrons. The van der Waals surface area contributed by atoms with Crippen LogP contribution < -0.4 is 4.90 Å². The van der Waals surface area contributed by atoms with E-state index in [-0.39, 0.29) is 6.61 Å². The molecular weight excluding hydrogens is 200 g/mol. The van der Waals surface area contributed by atoms with Crippen LogP contribution in [0.15, 0.2) is 12.1 Å². The molecule has 1 N–H and O–H groups in total. The van der Waals surface area contributed by atoms with E-state index in [1.165, 1.54) is 0 Å². The van der Waals surface area contributed by atoms with Gasteiger partial charge in [-0.25, -0.2) is 4.98 Å². The Morgan fingerprint density at radius 2 is 1.88 bits per heavy atom. The SMILES string of the molecule is CCCc1cc(CO)cc(N(CC)CC)n1. The molecule has 0 amide bonds.